The standard InChI is InChI=1S/C16H18F3N3/c1-11(12-7-4-5-8-13(12)16(17,18)19)21-14-9-6-10-20-15(14)22(2)3/h4-11,21H,1-3H3. The first-order chi connectivity index (χ1) is 10.3. The molecule has 1 atom stereocenters. The Morgan fingerprint density at radius 3 is 2.41 bits per heavy atom. The highest BCUT2D eigenvalue weighted by molar-refractivity contribution is 5.65. The zero-order chi connectivity index (χ0) is 16.3. The number of pyridine rings is 1. The van der Waals surface area contributed by atoms with Gasteiger partial charge in [-0.25, -0.2) is 4.98 Å². The Hall–Kier alpha value is -2.24. The molecule has 1 aromatic heterocycles. The summed E-state index contributed by atoms with van der Waals surface area (Å²) in [7, 11) is 3.67. The molecule has 0 spiro atoms. The van der Waals surface area contributed by atoms with Crippen molar-refractivity contribution < 1.29 is 13.2 Å². The SMILES string of the molecule is CC(Nc1cccnc1N(C)C)c1ccccc1C(F)(F)F. The molecule has 0 aliphatic carbocycles. The highest BCUT2D eigenvalue weighted by Crippen LogP contribution is 2.36. The molecule has 0 amide bonds. The van der Waals surface area contributed by atoms with Gasteiger partial charge in [0.2, 0.25) is 0 Å². The van der Waals surface area contributed by atoms with E-state index in [0.717, 1.165) is 6.07 Å². The summed E-state index contributed by atoms with van der Waals surface area (Å²) in [5.41, 5.74) is 0.283. The van der Waals surface area contributed by atoms with E-state index in [1.807, 2.05) is 19.0 Å². The van der Waals surface area contributed by atoms with Crippen LogP contribution < -0.4 is 10.2 Å². The predicted molar refractivity (Wildman–Crippen MR) is 82.0 cm³/mol. The van der Waals surface area contributed by atoms with Crippen molar-refractivity contribution in [3.63, 3.8) is 0 Å². The minimum Gasteiger partial charge on any atom is -0.376 e. The summed E-state index contributed by atoms with van der Waals surface area (Å²) >= 11 is 0. The number of nitrogens with one attached hydrogen (secondary N) is 1. The van der Waals surface area contributed by atoms with Gasteiger partial charge in [-0.1, -0.05) is 18.2 Å². The first-order valence-corrected chi connectivity index (χ1v) is 6.85. The van der Waals surface area contributed by atoms with E-state index in [-0.39, 0.29) is 5.56 Å². The molecule has 2 aromatic rings. The molecule has 0 bridgehead atoms. The number of benzene rings is 1. The smallest absolute Gasteiger partial charge is 0.376 e. The quantitative estimate of drug-likeness (QED) is 0.910. The van der Waals surface area contributed by atoms with Gasteiger partial charge in [0, 0.05) is 26.3 Å². The van der Waals surface area contributed by atoms with Crippen molar-refractivity contribution in [1.82, 2.24) is 4.98 Å². The molecule has 3 nitrogen and oxygen atoms in total. The molecule has 0 aliphatic heterocycles. The van der Waals surface area contributed by atoms with Crippen molar-refractivity contribution in [2.45, 2.75) is 19.1 Å². The van der Waals surface area contributed by atoms with E-state index in [1.54, 1.807) is 31.3 Å². The van der Waals surface area contributed by atoms with Crippen LogP contribution in [0.3, 0.4) is 0 Å². The van der Waals surface area contributed by atoms with Crippen molar-refractivity contribution >= 4 is 11.5 Å². The summed E-state index contributed by atoms with van der Waals surface area (Å²) in [6.45, 7) is 1.71. The first kappa shape index (κ1) is 16.1. The van der Waals surface area contributed by atoms with Crippen LogP contribution in [0.1, 0.15) is 24.1 Å². The monoisotopic (exact) mass is 309 g/mol. The van der Waals surface area contributed by atoms with Gasteiger partial charge in [0.15, 0.2) is 5.82 Å². The summed E-state index contributed by atoms with van der Waals surface area (Å²) < 4.78 is 39.3. The molecular formula is C16H18F3N3. The van der Waals surface area contributed by atoms with Gasteiger partial charge >= 0.3 is 6.18 Å². The molecule has 6 heteroatoms. The van der Waals surface area contributed by atoms with Gasteiger partial charge in [-0.2, -0.15) is 13.2 Å². The minimum absolute atomic E-state index is 0.212. The Bertz CT molecular complexity index is 639. The number of nitrogens with zero attached hydrogens (tertiary/aromatic N) is 2. The van der Waals surface area contributed by atoms with Crippen LogP contribution in [0.2, 0.25) is 0 Å². The summed E-state index contributed by atoms with van der Waals surface area (Å²) in [5, 5.41) is 3.12. The molecule has 2 rings (SSSR count). The van der Waals surface area contributed by atoms with Crippen LogP contribution in [0.4, 0.5) is 24.7 Å². The van der Waals surface area contributed by atoms with Crippen LogP contribution in [-0.4, -0.2) is 19.1 Å². The summed E-state index contributed by atoms with van der Waals surface area (Å²) in [5.74, 6) is 0.679. The number of anilines is 2. The van der Waals surface area contributed by atoms with Crippen LogP contribution in [-0.2, 0) is 6.18 Å². The predicted octanol–water partition coefficient (Wildman–Crippen LogP) is 4.34. The highest BCUT2D eigenvalue weighted by Gasteiger charge is 2.34. The van der Waals surface area contributed by atoms with Crippen molar-refractivity contribution in [1.29, 1.82) is 0 Å². The minimum atomic E-state index is -4.37. The third-order valence-electron chi connectivity index (χ3n) is 3.31. The molecule has 0 saturated carbocycles. The fraction of sp³-hybridized carbons (Fsp3) is 0.312. The van der Waals surface area contributed by atoms with Gasteiger partial charge < -0.3 is 10.2 Å². The van der Waals surface area contributed by atoms with E-state index >= 15 is 0 Å². The number of hydrogen-bond donors (Lipinski definition) is 1. The van der Waals surface area contributed by atoms with Crippen molar-refractivity contribution in [2.24, 2.45) is 0 Å². The molecule has 0 saturated heterocycles. The summed E-state index contributed by atoms with van der Waals surface area (Å²) in [6.07, 6.45) is -2.72. The number of alkyl halides is 3. The van der Waals surface area contributed by atoms with Crippen LogP contribution >= 0.6 is 0 Å². The van der Waals surface area contributed by atoms with E-state index in [2.05, 4.69) is 10.3 Å². The average molecular weight is 309 g/mol. The Morgan fingerprint density at radius 1 is 1.09 bits per heavy atom. The van der Waals surface area contributed by atoms with Crippen molar-refractivity contribution in [2.75, 3.05) is 24.3 Å². The molecule has 0 aliphatic rings. The summed E-state index contributed by atoms with van der Waals surface area (Å²) in [6, 6.07) is 8.65. The molecule has 0 radical (unpaired) electrons. The Morgan fingerprint density at radius 2 is 1.77 bits per heavy atom. The maximum atomic E-state index is 13.1. The van der Waals surface area contributed by atoms with Gasteiger partial charge in [-0.15, -0.1) is 0 Å². The fourth-order valence-corrected chi connectivity index (χ4v) is 2.31. The maximum Gasteiger partial charge on any atom is 0.416 e. The van der Waals surface area contributed by atoms with Gasteiger partial charge in [-0.05, 0) is 30.7 Å². The molecule has 1 aromatic carbocycles. The van der Waals surface area contributed by atoms with Gasteiger partial charge in [-0.3, -0.25) is 0 Å². The lowest BCUT2D eigenvalue weighted by molar-refractivity contribution is -0.138. The molecular weight excluding hydrogens is 291 g/mol. The third kappa shape index (κ3) is 3.50. The van der Waals surface area contributed by atoms with Gasteiger partial charge in [0.05, 0.1) is 11.3 Å². The second-order valence-corrected chi connectivity index (χ2v) is 5.22. The Balaban J connectivity index is 2.33. The Labute approximate surface area is 127 Å². The van der Waals surface area contributed by atoms with E-state index in [4.69, 9.17) is 0 Å². The normalized spacial score (nSPS) is 12.8. The van der Waals surface area contributed by atoms with Crippen LogP contribution in [0.15, 0.2) is 42.6 Å². The second-order valence-electron chi connectivity index (χ2n) is 5.22. The molecule has 0 fully saturated rings. The lowest BCUT2D eigenvalue weighted by atomic mass is 10.0. The van der Waals surface area contributed by atoms with Crippen molar-refractivity contribution in [3.05, 3.63) is 53.7 Å². The number of hydrogen-bond acceptors (Lipinski definition) is 3. The molecule has 1 unspecified atom stereocenters. The van der Waals surface area contributed by atoms with Crippen LogP contribution in [0.5, 0.6) is 0 Å². The molecule has 1 N–H and O–H groups in total. The van der Waals surface area contributed by atoms with E-state index in [1.165, 1.54) is 12.1 Å². The molecule has 22 heavy (non-hydrogen) atoms. The molecule has 1 heterocycles. The average Bonchev–Trinajstić information content (AvgIpc) is 2.46. The number of rotatable bonds is 4. The zero-order valence-corrected chi connectivity index (χ0v) is 12.6. The third-order valence-corrected chi connectivity index (χ3v) is 3.31. The zero-order valence-electron chi connectivity index (χ0n) is 12.6. The summed E-state index contributed by atoms with van der Waals surface area (Å²) in [4.78, 5) is 6.05. The first-order valence-electron chi connectivity index (χ1n) is 6.85. The maximum absolute atomic E-state index is 13.1. The van der Waals surface area contributed by atoms with E-state index in [9.17, 15) is 13.2 Å². The van der Waals surface area contributed by atoms with E-state index in [0.29, 0.717) is 11.5 Å². The van der Waals surface area contributed by atoms with Gasteiger partial charge in [0.1, 0.15) is 0 Å². The number of aromatic nitrogens is 1. The number of halogens is 3. The van der Waals surface area contributed by atoms with E-state index < -0.39 is 17.8 Å². The largest absolute Gasteiger partial charge is 0.416 e. The topological polar surface area (TPSA) is 28.2 Å². The highest BCUT2D eigenvalue weighted by atomic mass is 19.4. The lowest BCUT2D eigenvalue weighted by Gasteiger charge is -2.23. The lowest BCUT2D eigenvalue weighted by Crippen LogP contribution is -2.18. The molecule has 118 valence electrons. The van der Waals surface area contributed by atoms with Gasteiger partial charge in [0.25, 0.3) is 0 Å². The second kappa shape index (κ2) is 6.25. The van der Waals surface area contributed by atoms with Crippen LogP contribution in [0, 0.1) is 0 Å². The van der Waals surface area contributed by atoms with Crippen molar-refractivity contribution in [3.8, 4) is 0 Å². The van der Waals surface area contributed by atoms with Crippen LogP contribution in [0.25, 0.3) is 0 Å². The fourth-order valence-electron chi connectivity index (χ4n) is 2.31. The Kier molecular flexibility index (Phi) is 4.59.